The third-order valence-corrected chi connectivity index (χ3v) is 3.15. The lowest BCUT2D eigenvalue weighted by Crippen LogP contribution is -2.22. The predicted molar refractivity (Wildman–Crippen MR) is 60.9 cm³/mol. The molecule has 15 heavy (non-hydrogen) atoms. The van der Waals surface area contributed by atoms with Crippen LogP contribution in [0.15, 0.2) is 34.2 Å². The van der Waals surface area contributed by atoms with Crippen molar-refractivity contribution in [3.63, 3.8) is 0 Å². The number of benzene rings is 1. The molecule has 1 heterocycles. The van der Waals surface area contributed by atoms with Crippen molar-refractivity contribution in [1.29, 1.82) is 0 Å². The van der Waals surface area contributed by atoms with Crippen LogP contribution in [-0.4, -0.2) is 24.0 Å². The molecule has 1 unspecified atom stereocenters. The summed E-state index contributed by atoms with van der Waals surface area (Å²) in [7, 11) is 0. The van der Waals surface area contributed by atoms with E-state index in [-0.39, 0.29) is 11.2 Å². The summed E-state index contributed by atoms with van der Waals surface area (Å²) in [6.07, 6.45) is 1.64. The molecule has 1 atom stereocenters. The van der Waals surface area contributed by atoms with Crippen LogP contribution in [0.4, 0.5) is 5.69 Å². The van der Waals surface area contributed by atoms with Crippen molar-refractivity contribution >= 4 is 29.6 Å². The molecule has 0 aromatic heterocycles. The average Bonchev–Trinajstić information content (AvgIpc) is 2.29. The topological polar surface area (TPSA) is 38.7 Å². The summed E-state index contributed by atoms with van der Waals surface area (Å²) >= 11 is 1.48. The maximum Gasteiger partial charge on any atom is 0.324 e. The van der Waals surface area contributed by atoms with Crippen LogP contribution < -0.4 is 0 Å². The van der Waals surface area contributed by atoms with E-state index in [4.69, 9.17) is 4.74 Å². The van der Waals surface area contributed by atoms with Gasteiger partial charge in [0.15, 0.2) is 0 Å². The molecule has 2 rings (SSSR count). The van der Waals surface area contributed by atoms with Gasteiger partial charge in [-0.1, -0.05) is 12.1 Å². The summed E-state index contributed by atoms with van der Waals surface area (Å²) in [6.45, 7) is 2.21. The number of rotatable bonds is 2. The average molecular weight is 221 g/mol. The molecule has 0 fully saturated rings. The first-order valence-corrected chi connectivity index (χ1v) is 5.65. The van der Waals surface area contributed by atoms with E-state index in [1.807, 2.05) is 24.3 Å². The van der Waals surface area contributed by atoms with Gasteiger partial charge in [0, 0.05) is 11.1 Å². The Morgan fingerprint density at radius 3 is 3.13 bits per heavy atom. The standard InChI is InChI=1S/C11H11NO2S/c1-2-14-11(13)10-7-12-8-5-3-4-6-9(8)15-10/h3-7,10H,2H2,1H3. The zero-order valence-corrected chi connectivity index (χ0v) is 9.16. The van der Waals surface area contributed by atoms with Crippen molar-refractivity contribution in [2.45, 2.75) is 17.1 Å². The van der Waals surface area contributed by atoms with E-state index >= 15 is 0 Å². The zero-order chi connectivity index (χ0) is 10.7. The van der Waals surface area contributed by atoms with Crippen molar-refractivity contribution < 1.29 is 9.53 Å². The summed E-state index contributed by atoms with van der Waals surface area (Å²) in [6, 6.07) is 7.76. The number of carbonyl (C=O) groups is 1. The number of carbonyl (C=O) groups excluding carboxylic acids is 1. The molecule has 1 aromatic rings. The summed E-state index contributed by atoms with van der Waals surface area (Å²) in [5.41, 5.74) is 0.919. The van der Waals surface area contributed by atoms with Crippen molar-refractivity contribution in [3.05, 3.63) is 24.3 Å². The van der Waals surface area contributed by atoms with Crippen LogP contribution in [0.25, 0.3) is 0 Å². The van der Waals surface area contributed by atoms with Gasteiger partial charge in [0.25, 0.3) is 0 Å². The van der Waals surface area contributed by atoms with Crippen LogP contribution >= 0.6 is 11.8 Å². The molecule has 0 bridgehead atoms. The number of nitrogens with zero attached hydrogens (tertiary/aromatic N) is 1. The SMILES string of the molecule is CCOC(=O)C1C=Nc2ccccc2S1. The number of aliphatic imine (C=N–C) groups is 1. The maximum atomic E-state index is 11.5. The van der Waals surface area contributed by atoms with Crippen LogP contribution in [-0.2, 0) is 9.53 Å². The maximum absolute atomic E-state index is 11.5. The lowest BCUT2D eigenvalue weighted by Gasteiger charge is -2.16. The van der Waals surface area contributed by atoms with Gasteiger partial charge in [-0.05, 0) is 19.1 Å². The van der Waals surface area contributed by atoms with Gasteiger partial charge in [0.2, 0.25) is 0 Å². The molecule has 0 saturated carbocycles. The number of esters is 1. The molecule has 0 aliphatic carbocycles. The minimum atomic E-state index is -0.306. The molecule has 1 aliphatic heterocycles. The van der Waals surface area contributed by atoms with Crippen LogP contribution in [0.2, 0.25) is 0 Å². The lowest BCUT2D eigenvalue weighted by molar-refractivity contribution is -0.141. The quantitative estimate of drug-likeness (QED) is 0.720. The van der Waals surface area contributed by atoms with E-state index in [2.05, 4.69) is 4.99 Å². The smallest absolute Gasteiger partial charge is 0.324 e. The Labute approximate surface area is 92.5 Å². The Bertz CT molecular complexity index is 403. The number of para-hydroxylation sites is 1. The summed E-state index contributed by atoms with van der Waals surface area (Å²) in [4.78, 5) is 16.7. The second-order valence-corrected chi connectivity index (χ2v) is 4.22. The van der Waals surface area contributed by atoms with Crippen molar-refractivity contribution in [2.24, 2.45) is 4.99 Å². The molecular formula is C11H11NO2S. The molecule has 1 aromatic carbocycles. The number of ether oxygens (including phenoxy) is 1. The monoisotopic (exact) mass is 221 g/mol. The Balaban J connectivity index is 2.15. The number of hydrogen-bond acceptors (Lipinski definition) is 4. The first-order chi connectivity index (χ1) is 7.31. The normalized spacial score (nSPS) is 18.3. The molecule has 0 amide bonds. The first kappa shape index (κ1) is 10.2. The molecule has 0 spiro atoms. The number of thioether (sulfide) groups is 1. The van der Waals surface area contributed by atoms with E-state index in [0.29, 0.717) is 6.61 Å². The second-order valence-electron chi connectivity index (χ2n) is 3.04. The van der Waals surface area contributed by atoms with Gasteiger partial charge < -0.3 is 4.74 Å². The fraction of sp³-hybridized carbons (Fsp3) is 0.273. The van der Waals surface area contributed by atoms with Gasteiger partial charge in [-0.2, -0.15) is 0 Å². The molecule has 0 N–H and O–H groups in total. The first-order valence-electron chi connectivity index (χ1n) is 4.78. The lowest BCUT2D eigenvalue weighted by atomic mass is 10.3. The van der Waals surface area contributed by atoms with Crippen molar-refractivity contribution in [1.82, 2.24) is 0 Å². The van der Waals surface area contributed by atoms with Crippen molar-refractivity contribution in [2.75, 3.05) is 6.61 Å². The summed E-state index contributed by atoms with van der Waals surface area (Å²) < 4.78 is 4.95. The Morgan fingerprint density at radius 2 is 2.33 bits per heavy atom. The van der Waals surface area contributed by atoms with Gasteiger partial charge in [-0.25, -0.2) is 0 Å². The highest BCUT2D eigenvalue weighted by molar-refractivity contribution is 8.01. The minimum Gasteiger partial charge on any atom is -0.465 e. The van der Waals surface area contributed by atoms with Gasteiger partial charge in [0.1, 0.15) is 5.25 Å². The molecule has 0 saturated heterocycles. The van der Waals surface area contributed by atoms with E-state index in [0.717, 1.165) is 10.6 Å². The Kier molecular flexibility index (Phi) is 3.06. The molecule has 0 radical (unpaired) electrons. The molecule has 4 heteroatoms. The fourth-order valence-electron chi connectivity index (χ4n) is 1.31. The Hall–Kier alpha value is -1.29. The van der Waals surface area contributed by atoms with E-state index in [9.17, 15) is 4.79 Å². The largest absolute Gasteiger partial charge is 0.465 e. The minimum absolute atomic E-state index is 0.222. The predicted octanol–water partition coefficient (Wildman–Crippen LogP) is 2.43. The van der Waals surface area contributed by atoms with E-state index in [1.165, 1.54) is 11.8 Å². The highest BCUT2D eigenvalue weighted by atomic mass is 32.2. The van der Waals surface area contributed by atoms with Crippen LogP contribution in [0.1, 0.15) is 6.92 Å². The molecular weight excluding hydrogens is 210 g/mol. The number of fused-ring (bicyclic) bond motifs is 1. The van der Waals surface area contributed by atoms with Crippen LogP contribution in [0, 0.1) is 0 Å². The van der Waals surface area contributed by atoms with Crippen LogP contribution in [0.3, 0.4) is 0 Å². The Morgan fingerprint density at radius 1 is 1.53 bits per heavy atom. The van der Waals surface area contributed by atoms with Gasteiger partial charge >= 0.3 is 5.97 Å². The summed E-state index contributed by atoms with van der Waals surface area (Å²) in [5.74, 6) is -0.222. The summed E-state index contributed by atoms with van der Waals surface area (Å²) in [5, 5.41) is -0.306. The van der Waals surface area contributed by atoms with Crippen molar-refractivity contribution in [3.8, 4) is 0 Å². The zero-order valence-electron chi connectivity index (χ0n) is 8.34. The molecule has 3 nitrogen and oxygen atoms in total. The third kappa shape index (κ3) is 2.21. The third-order valence-electron chi connectivity index (χ3n) is 1.99. The highest BCUT2D eigenvalue weighted by Crippen LogP contribution is 2.35. The number of hydrogen-bond donors (Lipinski definition) is 0. The van der Waals surface area contributed by atoms with Gasteiger partial charge in [-0.3, -0.25) is 9.79 Å². The second kappa shape index (κ2) is 4.49. The van der Waals surface area contributed by atoms with E-state index in [1.54, 1.807) is 13.1 Å². The fourth-order valence-corrected chi connectivity index (χ4v) is 2.27. The van der Waals surface area contributed by atoms with Gasteiger partial charge in [-0.15, -0.1) is 11.8 Å². The van der Waals surface area contributed by atoms with Crippen LogP contribution in [0.5, 0.6) is 0 Å². The molecule has 1 aliphatic rings. The van der Waals surface area contributed by atoms with Gasteiger partial charge in [0.05, 0.1) is 12.3 Å². The molecule has 78 valence electrons. The van der Waals surface area contributed by atoms with E-state index < -0.39 is 0 Å². The highest BCUT2D eigenvalue weighted by Gasteiger charge is 2.23.